The molecule has 0 bridgehead atoms. The van der Waals surface area contributed by atoms with E-state index < -0.39 is 5.92 Å². The minimum Gasteiger partial charge on any atom is -0.493 e. The summed E-state index contributed by atoms with van der Waals surface area (Å²) in [6.45, 7) is 2.21. The molecule has 0 saturated carbocycles. The van der Waals surface area contributed by atoms with Gasteiger partial charge in [-0.1, -0.05) is 30.3 Å². The van der Waals surface area contributed by atoms with Crippen molar-refractivity contribution in [2.75, 3.05) is 21.3 Å². The smallest absolute Gasteiger partial charge is 0.259 e. The average molecular weight is 460 g/mol. The van der Waals surface area contributed by atoms with Crippen molar-refractivity contribution in [3.8, 4) is 29.1 Å². The van der Waals surface area contributed by atoms with Crippen LogP contribution in [0, 0.1) is 18.3 Å². The highest BCUT2D eigenvalue weighted by molar-refractivity contribution is 5.61. The molecule has 0 unspecified atom stereocenters. The molecule has 0 radical (unpaired) electrons. The Bertz CT molecular complexity index is 1340. The zero-order valence-corrected chi connectivity index (χ0v) is 19.4. The number of rotatable bonds is 6. The number of aromatic nitrogens is 1. The maximum absolute atomic E-state index is 13.8. The number of ether oxygens (including phenoxy) is 4. The van der Waals surface area contributed by atoms with Gasteiger partial charge in [0.1, 0.15) is 17.4 Å². The number of nitriles is 1. The summed E-state index contributed by atoms with van der Waals surface area (Å²) in [5, 5.41) is 9.96. The van der Waals surface area contributed by atoms with E-state index in [4.69, 9.17) is 24.7 Å². The number of hydrogen-bond acceptors (Lipinski definition) is 7. The Labute approximate surface area is 197 Å². The van der Waals surface area contributed by atoms with Gasteiger partial charge in [0.05, 0.1) is 39.4 Å². The van der Waals surface area contributed by atoms with E-state index >= 15 is 0 Å². The van der Waals surface area contributed by atoms with Gasteiger partial charge in [-0.05, 0) is 30.2 Å². The van der Waals surface area contributed by atoms with E-state index in [1.54, 1.807) is 22.8 Å². The van der Waals surface area contributed by atoms with Gasteiger partial charge in [-0.3, -0.25) is 4.79 Å². The molecule has 2 aromatic carbocycles. The number of nitrogens with two attached hydrogens (primary N) is 1. The Morgan fingerprint density at radius 3 is 2.26 bits per heavy atom. The first-order chi connectivity index (χ1) is 16.4. The zero-order chi connectivity index (χ0) is 24.4. The van der Waals surface area contributed by atoms with Gasteiger partial charge in [0, 0.05) is 11.8 Å². The summed E-state index contributed by atoms with van der Waals surface area (Å²) in [7, 11) is 4.52. The van der Waals surface area contributed by atoms with Crippen molar-refractivity contribution >= 4 is 0 Å². The van der Waals surface area contributed by atoms with Crippen molar-refractivity contribution in [2.45, 2.75) is 19.4 Å². The first-order valence-electron chi connectivity index (χ1n) is 10.6. The van der Waals surface area contributed by atoms with Crippen LogP contribution in [0.4, 0.5) is 0 Å². The topological polar surface area (TPSA) is 109 Å². The SMILES string of the molecule is COc1cc([C@H]2C(C#N)=C(N)Oc3cc(C)n(Cc4ccccc4)c(=O)c32)cc(OC)c1OC. The van der Waals surface area contributed by atoms with Crippen molar-refractivity contribution in [3.63, 3.8) is 0 Å². The van der Waals surface area contributed by atoms with Crippen LogP contribution in [-0.4, -0.2) is 25.9 Å². The Morgan fingerprint density at radius 2 is 1.71 bits per heavy atom. The van der Waals surface area contributed by atoms with Gasteiger partial charge in [-0.15, -0.1) is 0 Å². The molecule has 0 spiro atoms. The third-order valence-corrected chi connectivity index (χ3v) is 5.89. The predicted molar refractivity (Wildman–Crippen MR) is 126 cm³/mol. The molecule has 1 atom stereocenters. The number of fused-ring (bicyclic) bond motifs is 1. The molecule has 2 N–H and O–H groups in total. The summed E-state index contributed by atoms with van der Waals surface area (Å²) in [6, 6.07) is 17.0. The molecule has 4 rings (SSSR count). The molecule has 8 nitrogen and oxygen atoms in total. The Morgan fingerprint density at radius 1 is 1.06 bits per heavy atom. The van der Waals surface area contributed by atoms with Crippen molar-refractivity contribution in [3.05, 3.63) is 92.7 Å². The summed E-state index contributed by atoms with van der Waals surface area (Å²) >= 11 is 0. The largest absolute Gasteiger partial charge is 0.493 e. The van der Waals surface area contributed by atoms with Gasteiger partial charge in [-0.25, -0.2) is 0 Å². The van der Waals surface area contributed by atoms with Crippen LogP contribution in [0.25, 0.3) is 0 Å². The third-order valence-electron chi connectivity index (χ3n) is 5.89. The number of pyridine rings is 1. The predicted octanol–water partition coefficient (Wildman–Crippen LogP) is 3.45. The number of allylic oxidation sites excluding steroid dienone is 1. The molecule has 3 aromatic rings. The van der Waals surface area contributed by atoms with Crippen LogP contribution in [0.5, 0.6) is 23.0 Å². The summed E-state index contributed by atoms with van der Waals surface area (Å²) in [6.07, 6.45) is 0. The first kappa shape index (κ1) is 22.8. The van der Waals surface area contributed by atoms with Crippen molar-refractivity contribution < 1.29 is 18.9 Å². The molecule has 0 fully saturated rings. The lowest BCUT2D eigenvalue weighted by Gasteiger charge is -2.28. The second-order valence-corrected chi connectivity index (χ2v) is 7.82. The van der Waals surface area contributed by atoms with E-state index in [2.05, 4.69) is 6.07 Å². The molecule has 8 heteroatoms. The van der Waals surface area contributed by atoms with Crippen LogP contribution in [0.3, 0.4) is 0 Å². The Hall–Kier alpha value is -4.38. The highest BCUT2D eigenvalue weighted by Crippen LogP contribution is 2.46. The number of aryl methyl sites for hydroxylation is 1. The lowest BCUT2D eigenvalue weighted by Crippen LogP contribution is -2.33. The molecule has 1 aliphatic rings. The quantitative estimate of drug-likeness (QED) is 0.601. The van der Waals surface area contributed by atoms with E-state index in [1.165, 1.54) is 21.3 Å². The summed E-state index contributed by atoms with van der Waals surface area (Å²) in [5.41, 5.74) is 8.60. The zero-order valence-electron chi connectivity index (χ0n) is 19.4. The van der Waals surface area contributed by atoms with Gasteiger partial charge in [0.2, 0.25) is 11.6 Å². The van der Waals surface area contributed by atoms with Crippen molar-refractivity contribution in [2.24, 2.45) is 5.73 Å². The average Bonchev–Trinajstić information content (AvgIpc) is 2.85. The van der Waals surface area contributed by atoms with Crippen molar-refractivity contribution in [1.82, 2.24) is 4.57 Å². The minimum absolute atomic E-state index is 0.0478. The Balaban J connectivity index is 1.97. The number of hydrogen-bond donors (Lipinski definition) is 1. The highest BCUT2D eigenvalue weighted by Gasteiger charge is 2.35. The van der Waals surface area contributed by atoms with E-state index in [1.807, 2.05) is 37.3 Å². The van der Waals surface area contributed by atoms with Gasteiger partial charge in [0.15, 0.2) is 11.5 Å². The van der Waals surface area contributed by atoms with Crippen LogP contribution in [-0.2, 0) is 6.54 Å². The standard InChI is InChI=1S/C26H25N3O5/c1-15-10-19-23(26(30)29(15)14-16-8-6-5-7-9-16)22(18(13-27)25(28)34-19)17-11-20(31-2)24(33-4)21(12-17)32-3/h5-12,22H,14,28H2,1-4H3/t22-/m0/s1. The number of benzene rings is 2. The molecular formula is C26H25N3O5. The summed E-state index contributed by atoms with van der Waals surface area (Å²) < 4.78 is 23.8. The van der Waals surface area contributed by atoms with Crippen LogP contribution >= 0.6 is 0 Å². The van der Waals surface area contributed by atoms with E-state index in [-0.39, 0.29) is 17.0 Å². The Kier molecular flexibility index (Phi) is 6.19. The monoisotopic (exact) mass is 459 g/mol. The fourth-order valence-electron chi connectivity index (χ4n) is 4.25. The van der Waals surface area contributed by atoms with Crippen LogP contribution in [0.15, 0.2) is 64.8 Å². The normalized spacial score (nSPS) is 14.6. The summed E-state index contributed by atoms with van der Waals surface area (Å²) in [4.78, 5) is 13.8. The van der Waals surface area contributed by atoms with Crippen molar-refractivity contribution in [1.29, 1.82) is 5.26 Å². The molecule has 0 aliphatic carbocycles. The van der Waals surface area contributed by atoms with Gasteiger partial charge in [0.25, 0.3) is 5.56 Å². The number of methoxy groups -OCH3 is 3. The molecule has 1 aliphatic heterocycles. The third kappa shape index (κ3) is 3.82. The molecule has 1 aromatic heterocycles. The van der Waals surface area contributed by atoms with E-state index in [0.717, 1.165) is 5.56 Å². The van der Waals surface area contributed by atoms with Crippen LogP contribution < -0.4 is 30.2 Å². The molecule has 174 valence electrons. The summed E-state index contributed by atoms with van der Waals surface area (Å²) in [5.74, 6) is 0.699. The molecule has 2 heterocycles. The molecule has 34 heavy (non-hydrogen) atoms. The molecule has 0 amide bonds. The lowest BCUT2D eigenvalue weighted by atomic mass is 9.83. The second kappa shape index (κ2) is 9.24. The van der Waals surface area contributed by atoms with Gasteiger partial charge in [-0.2, -0.15) is 5.26 Å². The van der Waals surface area contributed by atoms with Crippen LogP contribution in [0.2, 0.25) is 0 Å². The fourth-order valence-corrected chi connectivity index (χ4v) is 4.25. The molecule has 0 saturated heterocycles. The van der Waals surface area contributed by atoms with E-state index in [9.17, 15) is 10.1 Å². The first-order valence-corrected chi connectivity index (χ1v) is 10.6. The minimum atomic E-state index is -0.780. The highest BCUT2D eigenvalue weighted by atomic mass is 16.5. The van der Waals surface area contributed by atoms with Gasteiger partial charge >= 0.3 is 0 Å². The second-order valence-electron chi connectivity index (χ2n) is 7.82. The maximum atomic E-state index is 13.8. The fraction of sp³-hybridized carbons (Fsp3) is 0.231. The molecular weight excluding hydrogens is 434 g/mol. The van der Waals surface area contributed by atoms with Crippen LogP contribution in [0.1, 0.15) is 28.3 Å². The number of nitrogens with zero attached hydrogens (tertiary/aromatic N) is 2. The van der Waals surface area contributed by atoms with Gasteiger partial charge < -0.3 is 29.2 Å². The van der Waals surface area contributed by atoms with E-state index in [0.29, 0.717) is 46.4 Å². The maximum Gasteiger partial charge on any atom is 0.259 e. The lowest BCUT2D eigenvalue weighted by molar-refractivity contribution is 0.323.